The Labute approximate surface area is 166 Å². The number of carbonyl (C=O) groups is 1. The van der Waals surface area contributed by atoms with Crippen LogP contribution in [0.15, 0.2) is 78.1 Å². The molecule has 0 fully saturated rings. The zero-order valence-corrected chi connectivity index (χ0v) is 15.7. The van der Waals surface area contributed by atoms with Gasteiger partial charge in [-0.15, -0.1) is 6.58 Å². The third-order valence-electron chi connectivity index (χ3n) is 4.24. The van der Waals surface area contributed by atoms with E-state index in [-0.39, 0.29) is 23.6 Å². The Morgan fingerprint density at radius 1 is 1.21 bits per heavy atom. The number of hydrogen-bond donors (Lipinski definition) is 0. The molecule has 146 valence electrons. The first kappa shape index (κ1) is 19.7. The lowest BCUT2D eigenvalue weighted by Gasteiger charge is -2.21. The second-order valence-corrected chi connectivity index (χ2v) is 6.20. The van der Waals surface area contributed by atoms with Crippen LogP contribution >= 0.6 is 0 Å². The zero-order valence-electron chi connectivity index (χ0n) is 15.7. The molecule has 0 bridgehead atoms. The van der Waals surface area contributed by atoms with Crippen molar-refractivity contribution < 1.29 is 9.72 Å². The summed E-state index contributed by atoms with van der Waals surface area (Å²) in [6.45, 7) is 5.43. The van der Waals surface area contributed by atoms with Gasteiger partial charge in [0, 0.05) is 30.1 Å². The number of hydrogen-bond acceptors (Lipinski definition) is 5. The molecule has 0 aliphatic rings. The number of nitrogens with zero attached hydrogens (tertiary/aromatic N) is 4. The molecular formula is C21H18N4O4. The molecule has 0 saturated heterocycles. The Bertz CT molecular complexity index is 1140. The van der Waals surface area contributed by atoms with Gasteiger partial charge in [-0.1, -0.05) is 36.4 Å². The fraction of sp³-hybridized carbons (Fsp3) is 0.0952. The van der Waals surface area contributed by atoms with Crippen molar-refractivity contribution in [2.75, 3.05) is 11.4 Å². The molecule has 3 rings (SSSR count). The largest absolute Gasteiger partial charge is 0.303 e. The van der Waals surface area contributed by atoms with Crippen molar-refractivity contribution in [2.45, 2.75) is 6.92 Å². The third kappa shape index (κ3) is 3.96. The molecule has 0 N–H and O–H groups in total. The number of para-hydroxylation sites is 3. The molecule has 0 aliphatic carbocycles. The van der Waals surface area contributed by atoms with Gasteiger partial charge in [0.2, 0.25) is 5.43 Å². The first-order valence-electron chi connectivity index (χ1n) is 8.76. The van der Waals surface area contributed by atoms with Crippen molar-refractivity contribution in [3.05, 3.63) is 105 Å². The highest BCUT2D eigenvalue weighted by Crippen LogP contribution is 2.22. The quantitative estimate of drug-likeness (QED) is 0.365. The van der Waals surface area contributed by atoms with Gasteiger partial charge in [0.05, 0.1) is 4.92 Å². The van der Waals surface area contributed by atoms with Crippen LogP contribution in [-0.4, -0.2) is 27.2 Å². The van der Waals surface area contributed by atoms with Gasteiger partial charge in [0.1, 0.15) is 5.69 Å². The summed E-state index contributed by atoms with van der Waals surface area (Å²) in [6.07, 6.45) is 1.54. The van der Waals surface area contributed by atoms with E-state index in [4.69, 9.17) is 0 Å². The van der Waals surface area contributed by atoms with E-state index in [0.29, 0.717) is 11.4 Å². The van der Waals surface area contributed by atoms with Crippen molar-refractivity contribution in [1.29, 1.82) is 0 Å². The van der Waals surface area contributed by atoms with E-state index < -0.39 is 16.3 Å². The monoisotopic (exact) mass is 390 g/mol. The molecule has 1 aromatic heterocycles. The topological polar surface area (TPSA) is 98.3 Å². The van der Waals surface area contributed by atoms with Crippen LogP contribution in [0.4, 0.5) is 11.4 Å². The average Bonchev–Trinajstić information content (AvgIpc) is 2.72. The van der Waals surface area contributed by atoms with E-state index in [0.717, 1.165) is 0 Å². The minimum Gasteiger partial charge on any atom is -0.303 e. The summed E-state index contributed by atoms with van der Waals surface area (Å²) >= 11 is 0. The number of nitro benzene ring substituents is 1. The second kappa shape index (κ2) is 8.30. The Kier molecular flexibility index (Phi) is 5.64. The van der Waals surface area contributed by atoms with Crippen molar-refractivity contribution in [3.8, 4) is 5.69 Å². The number of carbonyl (C=O) groups excluding carboxylic acids is 1. The minimum atomic E-state index is -0.617. The van der Waals surface area contributed by atoms with E-state index in [1.165, 1.54) is 33.8 Å². The van der Waals surface area contributed by atoms with Crippen LogP contribution in [0.3, 0.4) is 0 Å². The molecule has 8 nitrogen and oxygen atoms in total. The lowest BCUT2D eigenvalue weighted by molar-refractivity contribution is -0.384. The number of amides is 1. The van der Waals surface area contributed by atoms with Crippen molar-refractivity contribution in [2.24, 2.45) is 0 Å². The van der Waals surface area contributed by atoms with E-state index in [9.17, 15) is 19.7 Å². The number of rotatable bonds is 6. The molecule has 3 aromatic rings. The van der Waals surface area contributed by atoms with E-state index in [1.807, 2.05) is 6.07 Å². The number of aromatic nitrogens is 2. The van der Waals surface area contributed by atoms with Crippen LogP contribution < -0.4 is 10.3 Å². The first-order chi connectivity index (χ1) is 13.9. The summed E-state index contributed by atoms with van der Waals surface area (Å²) in [7, 11) is 0. The van der Waals surface area contributed by atoms with E-state index in [1.54, 1.807) is 43.3 Å². The number of nitro groups is 1. The maximum absolute atomic E-state index is 13.1. The summed E-state index contributed by atoms with van der Waals surface area (Å²) in [5.74, 6) is -0.617. The van der Waals surface area contributed by atoms with Crippen molar-refractivity contribution in [1.82, 2.24) is 9.78 Å². The average molecular weight is 390 g/mol. The summed E-state index contributed by atoms with van der Waals surface area (Å²) in [5.41, 5.74) is 0.0363. The van der Waals surface area contributed by atoms with Gasteiger partial charge in [-0.2, -0.15) is 5.10 Å². The molecular weight excluding hydrogens is 372 g/mol. The first-order valence-corrected chi connectivity index (χ1v) is 8.76. The highest BCUT2D eigenvalue weighted by Gasteiger charge is 2.24. The molecule has 8 heteroatoms. The van der Waals surface area contributed by atoms with Crippen LogP contribution in [0.25, 0.3) is 5.69 Å². The molecule has 0 radical (unpaired) electrons. The molecule has 1 amide bonds. The van der Waals surface area contributed by atoms with E-state index in [2.05, 4.69) is 11.7 Å². The van der Waals surface area contributed by atoms with Crippen LogP contribution in [0.1, 0.15) is 16.2 Å². The molecule has 0 spiro atoms. The van der Waals surface area contributed by atoms with Crippen LogP contribution in [0.2, 0.25) is 0 Å². The highest BCUT2D eigenvalue weighted by molar-refractivity contribution is 6.04. The van der Waals surface area contributed by atoms with Gasteiger partial charge in [0.15, 0.2) is 5.69 Å². The predicted octanol–water partition coefficient (Wildman–Crippen LogP) is 3.28. The van der Waals surface area contributed by atoms with Crippen LogP contribution in [0, 0.1) is 17.0 Å². The summed E-state index contributed by atoms with van der Waals surface area (Å²) in [5, 5.41) is 15.6. The van der Waals surface area contributed by atoms with Crippen LogP contribution in [0.5, 0.6) is 0 Å². The minimum absolute atomic E-state index is 0.166. The Morgan fingerprint density at radius 2 is 1.86 bits per heavy atom. The predicted molar refractivity (Wildman–Crippen MR) is 110 cm³/mol. The number of anilines is 1. The molecule has 2 aromatic carbocycles. The zero-order chi connectivity index (χ0) is 21.0. The smallest absolute Gasteiger partial charge is 0.294 e. The summed E-state index contributed by atoms with van der Waals surface area (Å²) in [6, 6.07) is 16.1. The number of benzene rings is 2. The third-order valence-corrected chi connectivity index (χ3v) is 4.24. The fourth-order valence-electron chi connectivity index (χ4n) is 2.91. The fourth-order valence-corrected chi connectivity index (χ4v) is 2.91. The normalized spacial score (nSPS) is 10.4. The molecule has 0 aliphatic heterocycles. The van der Waals surface area contributed by atoms with Gasteiger partial charge >= 0.3 is 0 Å². The SMILES string of the molecule is C=CCN(C(=O)c1nn(-c2ccccc2[N+](=O)[O-])c(C)cc1=O)c1ccccc1. The van der Waals surface area contributed by atoms with Gasteiger partial charge < -0.3 is 4.90 Å². The second-order valence-electron chi connectivity index (χ2n) is 6.20. The Morgan fingerprint density at radius 3 is 2.52 bits per heavy atom. The maximum Gasteiger partial charge on any atom is 0.294 e. The van der Waals surface area contributed by atoms with Gasteiger partial charge in [-0.05, 0) is 25.1 Å². The molecule has 29 heavy (non-hydrogen) atoms. The summed E-state index contributed by atoms with van der Waals surface area (Å²) < 4.78 is 1.24. The van der Waals surface area contributed by atoms with Crippen LogP contribution in [-0.2, 0) is 0 Å². The van der Waals surface area contributed by atoms with Crippen molar-refractivity contribution >= 4 is 17.3 Å². The van der Waals surface area contributed by atoms with Crippen molar-refractivity contribution in [3.63, 3.8) is 0 Å². The summed E-state index contributed by atoms with van der Waals surface area (Å²) in [4.78, 5) is 37.9. The Hall–Kier alpha value is -4.07. The molecule has 0 unspecified atom stereocenters. The lowest BCUT2D eigenvalue weighted by Crippen LogP contribution is -2.36. The maximum atomic E-state index is 13.1. The highest BCUT2D eigenvalue weighted by atomic mass is 16.6. The van der Waals surface area contributed by atoms with Gasteiger partial charge in [0.25, 0.3) is 11.6 Å². The Balaban J connectivity index is 2.15. The lowest BCUT2D eigenvalue weighted by atomic mass is 10.2. The van der Waals surface area contributed by atoms with Gasteiger partial charge in [-0.25, -0.2) is 4.68 Å². The molecule has 0 saturated carbocycles. The standard InChI is InChI=1S/C21H18N4O4/c1-3-13-23(16-9-5-4-6-10-16)21(27)20-19(26)14-15(2)24(22-20)17-11-7-8-12-18(17)25(28)29/h3-12,14H,1,13H2,2H3. The van der Waals surface area contributed by atoms with E-state index >= 15 is 0 Å². The van der Waals surface area contributed by atoms with Gasteiger partial charge in [-0.3, -0.25) is 19.7 Å². The number of aryl methyl sites for hydroxylation is 1. The molecule has 1 heterocycles. The molecule has 0 atom stereocenters.